The van der Waals surface area contributed by atoms with Crippen molar-refractivity contribution in [3.63, 3.8) is 0 Å². The van der Waals surface area contributed by atoms with E-state index in [0.717, 1.165) is 45.3 Å². The van der Waals surface area contributed by atoms with Gasteiger partial charge in [-0.15, -0.1) is 0 Å². The van der Waals surface area contributed by atoms with E-state index in [4.69, 9.17) is 40.0 Å². The Balaban J connectivity index is -0.000000131. The molecule has 0 aliphatic heterocycles. The van der Waals surface area contributed by atoms with Crippen LogP contribution in [0.2, 0.25) is 0 Å². The molecule has 0 amide bonds. The number of hydrogen-bond donors (Lipinski definition) is 0. The normalized spacial score (nSPS) is 10.3. The van der Waals surface area contributed by atoms with Crippen LogP contribution in [0.5, 0.6) is 23.0 Å². The molecule has 4 aromatic rings. The fourth-order valence-corrected chi connectivity index (χ4v) is 30.6. The number of ether oxygens (including phenoxy) is 4. The molecule has 0 N–H and O–H groups in total. The van der Waals surface area contributed by atoms with Crippen LogP contribution in [0.1, 0.15) is 133 Å². The van der Waals surface area contributed by atoms with Gasteiger partial charge in [0.25, 0.3) is 0 Å². The fraction of sp³-hybridized carbons (Fsp3) is 0.632. The molecule has 0 aromatic heterocycles. The summed E-state index contributed by atoms with van der Waals surface area (Å²) in [7, 11) is -16.8. The van der Waals surface area contributed by atoms with E-state index in [-0.39, 0.29) is 97.5 Å². The van der Waals surface area contributed by atoms with E-state index in [0.29, 0.717) is 25.7 Å². The number of nitrogens with zero attached hydrogens (tertiary/aromatic N) is 4. The van der Waals surface area contributed by atoms with Gasteiger partial charge in [0.1, 0.15) is 23.0 Å². The third-order valence-electron chi connectivity index (χ3n) is 17.1. The molecule has 660 valence electrons. The van der Waals surface area contributed by atoms with E-state index in [1.165, 1.54) is 98.6 Å². The molecule has 4 aromatic carbocycles. The van der Waals surface area contributed by atoms with Crippen LogP contribution in [0.15, 0.2) is 97.1 Å². The van der Waals surface area contributed by atoms with Crippen LogP contribution in [0.4, 0.5) is 69.1 Å². The summed E-state index contributed by atoms with van der Waals surface area (Å²) in [4.78, 5) is 0. The van der Waals surface area contributed by atoms with Crippen LogP contribution in [0.25, 0.3) is 0 Å². The quantitative estimate of drug-likeness (QED) is 0.0250. The summed E-state index contributed by atoms with van der Waals surface area (Å²) in [6, 6.07) is 38.3. The maximum atomic E-state index is 9.75. The molecule has 0 fully saturated rings. The first-order valence-corrected chi connectivity index (χ1v) is 55.7. The van der Waals surface area contributed by atoms with E-state index < -0.39 is 29.0 Å². The van der Waals surface area contributed by atoms with Gasteiger partial charge in [-0.2, -0.15) is 21.0 Å². The molecule has 0 radical (unpaired) electrons. The number of halogens is 16. The molecule has 4 rings (SSSR count). The predicted molar refractivity (Wildman–Crippen MR) is 484 cm³/mol. The van der Waals surface area contributed by atoms with Gasteiger partial charge in [-0.3, -0.25) is 0 Å². The van der Waals surface area contributed by atoms with Gasteiger partial charge in [-0.1, -0.05) is 48.5 Å². The van der Waals surface area contributed by atoms with Gasteiger partial charge in [0.05, 0.1) is 226 Å². The van der Waals surface area contributed by atoms with Crippen LogP contribution < -0.4 is 18.9 Å². The minimum absolute atomic E-state index is 0. The molecule has 8 nitrogen and oxygen atoms in total. The molecule has 0 bridgehead atoms. The second-order valence-electron chi connectivity index (χ2n) is 24.4. The summed E-state index contributed by atoms with van der Waals surface area (Å²) in [5.74, 6) is 3.30. The third-order valence-corrected chi connectivity index (χ3v) is 42.8. The molecule has 0 spiro atoms. The van der Waals surface area contributed by atoms with Crippen molar-refractivity contribution in [3.8, 4) is 47.3 Å². The van der Waals surface area contributed by atoms with Gasteiger partial charge >= 0.3 is 63.2 Å². The van der Waals surface area contributed by atoms with E-state index in [2.05, 4.69) is 135 Å². The van der Waals surface area contributed by atoms with Gasteiger partial charge in [-0.05, 0) is 182 Å². The third kappa shape index (κ3) is 108. The van der Waals surface area contributed by atoms with Crippen molar-refractivity contribution in [1.82, 2.24) is 0 Å². The monoisotopic (exact) mass is 1880 g/mol. The van der Waals surface area contributed by atoms with E-state index in [9.17, 15) is 69.1 Å². The first kappa shape index (κ1) is 132. The topological polar surface area (TPSA) is 132 Å². The molecule has 114 heavy (non-hydrogen) atoms. The van der Waals surface area contributed by atoms with Crippen molar-refractivity contribution < 1.29 is 122 Å². The Hall–Kier alpha value is -2.34. The van der Waals surface area contributed by atoms with Gasteiger partial charge < -0.3 is 88.0 Å². The van der Waals surface area contributed by atoms with E-state index in [1.54, 1.807) is 77.7 Å². The van der Waals surface area contributed by atoms with Gasteiger partial charge in [0.15, 0.2) is 0 Å². The second-order valence-corrected chi connectivity index (χ2v) is 51.7. The SMILES string of the molecule is CC[PH+](CC)CC[PH+](CC)CC.CC[PH+](CC)CC[PH+](CC)CC.CC[PH+](CC)CC[PH+](CC)CC.CC[PH+](CC)CC[PH+](CC)CC.COc1ccc(CC#N)cc1.COc1ccc(CC#N)cc1.COc1ccc(CC#N)cc1.COc1ccc(CC#N)cc1.F[B-](F)(F)F.F[B-](F)(F)F.F[B-](F)(F)F.F[B-](F)(F)F.[Fe+2].[Fe+2]. The van der Waals surface area contributed by atoms with Crippen LogP contribution in [-0.2, 0) is 59.8 Å². The van der Waals surface area contributed by atoms with Crippen molar-refractivity contribution in [3.05, 3.63) is 119 Å². The van der Waals surface area contributed by atoms with Crippen LogP contribution >= 0.6 is 63.4 Å². The summed E-state index contributed by atoms with van der Waals surface area (Å²) in [5.41, 5.74) is 4.09. The minimum atomic E-state index is -6.00. The summed E-state index contributed by atoms with van der Waals surface area (Å²) in [6.07, 6.45) is 38.5. The number of rotatable bonds is 36. The zero-order valence-corrected chi connectivity index (χ0v) is 81.7. The molecule has 0 saturated heterocycles. The molecule has 0 aliphatic carbocycles. The van der Waals surface area contributed by atoms with Crippen molar-refractivity contribution in [2.45, 2.75) is 136 Å². The average molecular weight is 1880 g/mol. The van der Waals surface area contributed by atoms with Gasteiger partial charge in [-0.25, -0.2) is 0 Å². The van der Waals surface area contributed by atoms with Gasteiger partial charge in [0.2, 0.25) is 0 Å². The standard InChI is InChI=1S/4C10H24P2.4C9H9NO.4BF4.2Fe/c4*1-5-11(6-2)9-10-12(7-3)8-4;4*1-11-9-4-2-8(3-5-9)6-7-10;4*2-1(3,4)5;;/h4*5-10H2,1-4H3;4*2-5H,6H2,1H3;;;;;;/q;;;;;;;;4*-1;2*+2/p+8. The second kappa shape index (κ2) is 89.9. The molecule has 38 heteroatoms. The van der Waals surface area contributed by atoms with Crippen molar-refractivity contribution in [2.24, 2.45) is 0 Å². The molecule has 0 heterocycles. The summed E-state index contributed by atoms with van der Waals surface area (Å²) >= 11 is 0. The molecule has 0 unspecified atom stereocenters. The van der Waals surface area contributed by atoms with E-state index >= 15 is 0 Å². The molecule has 0 aliphatic rings. The summed E-state index contributed by atoms with van der Waals surface area (Å²) < 4.78 is 176. The molecule has 0 atom stereocenters. The van der Waals surface area contributed by atoms with Crippen molar-refractivity contribution in [2.75, 3.05) is 176 Å². The zero-order valence-electron chi connectivity index (χ0n) is 71.5. The number of methoxy groups -OCH3 is 4. The Morgan fingerprint density at radius 1 is 0.219 bits per heavy atom. The van der Waals surface area contributed by atoms with Crippen molar-refractivity contribution in [1.29, 1.82) is 21.0 Å². The first-order chi connectivity index (χ1) is 52.6. The Morgan fingerprint density at radius 2 is 0.307 bits per heavy atom. The zero-order chi connectivity index (χ0) is 88.0. The van der Waals surface area contributed by atoms with E-state index in [1.807, 2.05) is 97.1 Å². The van der Waals surface area contributed by atoms with Gasteiger partial charge in [0, 0.05) is 63.4 Å². The first-order valence-electron chi connectivity index (χ1n) is 38.7. The number of hydrogen-bond acceptors (Lipinski definition) is 8. The summed E-state index contributed by atoms with van der Waals surface area (Å²) in [6.45, 7) is 38.0. The van der Waals surface area contributed by atoms with Crippen LogP contribution in [-0.4, -0.2) is 205 Å². The Morgan fingerprint density at radius 3 is 0.368 bits per heavy atom. The molecular weight excluding hydrogens is 1740 g/mol. The Bertz CT molecular complexity index is 2390. The molecular formula is C76H140B4F16Fe2N4O4P8+8. The minimum Gasteiger partial charge on any atom is -0.497 e. The fourth-order valence-electron chi connectivity index (χ4n) is 9.58. The largest absolute Gasteiger partial charge is 2.00 e. The maximum absolute atomic E-state index is 9.75. The summed E-state index contributed by atoms with van der Waals surface area (Å²) in [5, 5.41) is 33.5. The Kier molecular flexibility index (Phi) is 104. The predicted octanol–water partition coefficient (Wildman–Crippen LogP) is 26.2. The number of nitriles is 4. The van der Waals surface area contributed by atoms with Crippen molar-refractivity contribution >= 4 is 92.4 Å². The Labute approximate surface area is 710 Å². The van der Waals surface area contributed by atoms with Crippen LogP contribution in [0.3, 0.4) is 0 Å². The molecule has 0 saturated carbocycles. The maximum Gasteiger partial charge on any atom is 2.00 e. The smallest absolute Gasteiger partial charge is 0.497 e. The van der Waals surface area contributed by atoms with Crippen LogP contribution in [0, 0.1) is 45.3 Å². The average Bonchev–Trinajstić information content (AvgIpc) is 0.915. The number of benzene rings is 4.